The van der Waals surface area contributed by atoms with Gasteiger partial charge in [0.15, 0.2) is 5.82 Å². The van der Waals surface area contributed by atoms with Gasteiger partial charge in [-0.25, -0.2) is 4.98 Å². The summed E-state index contributed by atoms with van der Waals surface area (Å²) >= 11 is 5.83. The smallest absolute Gasteiger partial charge is 0.159 e. The lowest BCUT2D eigenvalue weighted by molar-refractivity contribution is 0.205. The van der Waals surface area contributed by atoms with Crippen LogP contribution in [0.15, 0.2) is 12.3 Å². The second-order valence-corrected chi connectivity index (χ2v) is 4.06. The number of aromatic nitrogens is 3. The SMILES string of the molecule is CCN(CCOC)c1n[nH]c2cc(Cl)ncc12. The van der Waals surface area contributed by atoms with Crippen LogP contribution in [0.1, 0.15) is 6.92 Å². The van der Waals surface area contributed by atoms with Crippen LogP contribution in [0.5, 0.6) is 0 Å². The van der Waals surface area contributed by atoms with Gasteiger partial charge in [-0.3, -0.25) is 5.10 Å². The Bertz CT molecular complexity index is 499. The minimum absolute atomic E-state index is 0.465. The van der Waals surface area contributed by atoms with E-state index in [4.69, 9.17) is 16.3 Å². The van der Waals surface area contributed by atoms with Crippen LogP contribution in [0, 0.1) is 0 Å². The molecular weight excluding hydrogens is 240 g/mol. The predicted molar refractivity (Wildman–Crippen MR) is 68.7 cm³/mol. The van der Waals surface area contributed by atoms with Crippen molar-refractivity contribution in [2.24, 2.45) is 0 Å². The Morgan fingerprint density at radius 1 is 1.53 bits per heavy atom. The molecule has 2 aromatic rings. The molecule has 0 aliphatic heterocycles. The molecule has 0 aromatic carbocycles. The van der Waals surface area contributed by atoms with E-state index in [0.29, 0.717) is 11.8 Å². The van der Waals surface area contributed by atoms with Crippen LogP contribution in [-0.2, 0) is 4.74 Å². The third kappa shape index (κ3) is 2.50. The molecule has 2 rings (SSSR count). The quantitative estimate of drug-likeness (QED) is 0.830. The Balaban J connectivity index is 2.33. The Hall–Kier alpha value is -1.33. The van der Waals surface area contributed by atoms with E-state index in [1.807, 2.05) is 0 Å². The van der Waals surface area contributed by atoms with Gasteiger partial charge in [0.1, 0.15) is 5.15 Å². The maximum Gasteiger partial charge on any atom is 0.159 e. The van der Waals surface area contributed by atoms with E-state index in [1.54, 1.807) is 19.4 Å². The number of methoxy groups -OCH3 is 1. The number of nitrogens with zero attached hydrogens (tertiary/aromatic N) is 3. The molecule has 2 aromatic heterocycles. The Labute approximate surface area is 105 Å². The number of nitrogens with one attached hydrogen (secondary N) is 1. The molecule has 0 saturated carbocycles. The van der Waals surface area contributed by atoms with Gasteiger partial charge in [0.2, 0.25) is 0 Å². The second-order valence-electron chi connectivity index (χ2n) is 3.67. The topological polar surface area (TPSA) is 54.0 Å². The number of hydrogen-bond donors (Lipinski definition) is 1. The Kier molecular flexibility index (Phi) is 3.81. The molecule has 0 spiro atoms. The zero-order valence-corrected chi connectivity index (χ0v) is 10.7. The fourth-order valence-corrected chi connectivity index (χ4v) is 1.89. The number of rotatable bonds is 5. The van der Waals surface area contributed by atoms with Crippen LogP contribution in [-0.4, -0.2) is 42.0 Å². The van der Waals surface area contributed by atoms with Gasteiger partial charge in [-0.1, -0.05) is 11.6 Å². The summed E-state index contributed by atoms with van der Waals surface area (Å²) in [5, 5.41) is 8.71. The first-order chi connectivity index (χ1) is 8.26. The van der Waals surface area contributed by atoms with E-state index in [0.717, 1.165) is 29.8 Å². The molecule has 6 heteroatoms. The molecule has 2 heterocycles. The lowest BCUT2D eigenvalue weighted by Gasteiger charge is -2.19. The minimum Gasteiger partial charge on any atom is -0.383 e. The highest BCUT2D eigenvalue weighted by molar-refractivity contribution is 6.30. The van der Waals surface area contributed by atoms with Gasteiger partial charge < -0.3 is 9.64 Å². The highest BCUT2D eigenvalue weighted by Gasteiger charge is 2.12. The number of pyridine rings is 1. The number of anilines is 1. The molecule has 1 N–H and O–H groups in total. The number of fused-ring (bicyclic) bond motifs is 1. The third-order valence-electron chi connectivity index (χ3n) is 2.64. The summed E-state index contributed by atoms with van der Waals surface area (Å²) in [6, 6.07) is 1.78. The second kappa shape index (κ2) is 5.33. The highest BCUT2D eigenvalue weighted by atomic mass is 35.5. The van der Waals surface area contributed by atoms with Gasteiger partial charge in [-0.2, -0.15) is 5.10 Å². The van der Waals surface area contributed by atoms with E-state index in [-0.39, 0.29) is 0 Å². The lowest BCUT2D eigenvalue weighted by atomic mass is 10.3. The maximum absolute atomic E-state index is 5.83. The first-order valence-electron chi connectivity index (χ1n) is 5.49. The summed E-state index contributed by atoms with van der Waals surface area (Å²) in [6.45, 7) is 4.42. The van der Waals surface area contributed by atoms with Crippen LogP contribution < -0.4 is 4.90 Å². The summed E-state index contributed by atoms with van der Waals surface area (Å²) < 4.78 is 5.09. The van der Waals surface area contributed by atoms with E-state index >= 15 is 0 Å². The Morgan fingerprint density at radius 3 is 3.06 bits per heavy atom. The van der Waals surface area contributed by atoms with Gasteiger partial charge in [-0.05, 0) is 6.92 Å². The van der Waals surface area contributed by atoms with Crippen molar-refractivity contribution in [3.8, 4) is 0 Å². The van der Waals surface area contributed by atoms with E-state index in [9.17, 15) is 0 Å². The fraction of sp³-hybridized carbons (Fsp3) is 0.455. The maximum atomic E-state index is 5.83. The molecule has 0 fully saturated rings. The molecule has 17 heavy (non-hydrogen) atoms. The van der Waals surface area contributed by atoms with Gasteiger partial charge in [0.25, 0.3) is 0 Å². The van der Waals surface area contributed by atoms with Crippen LogP contribution in [0.25, 0.3) is 10.9 Å². The van der Waals surface area contributed by atoms with Crippen molar-refractivity contribution < 1.29 is 4.74 Å². The van der Waals surface area contributed by atoms with Crippen LogP contribution in [0.2, 0.25) is 5.15 Å². The molecule has 5 nitrogen and oxygen atoms in total. The largest absolute Gasteiger partial charge is 0.383 e. The summed E-state index contributed by atoms with van der Waals surface area (Å²) in [4.78, 5) is 6.22. The van der Waals surface area contributed by atoms with Gasteiger partial charge >= 0.3 is 0 Å². The van der Waals surface area contributed by atoms with Gasteiger partial charge in [-0.15, -0.1) is 0 Å². The zero-order valence-electron chi connectivity index (χ0n) is 9.90. The van der Waals surface area contributed by atoms with Gasteiger partial charge in [0, 0.05) is 32.5 Å². The van der Waals surface area contributed by atoms with Crippen molar-refractivity contribution >= 4 is 28.3 Å². The number of likely N-dealkylation sites (N-methyl/N-ethyl adjacent to an activating group) is 1. The molecule has 0 atom stereocenters. The van der Waals surface area contributed by atoms with Crippen molar-refractivity contribution in [1.29, 1.82) is 0 Å². The van der Waals surface area contributed by atoms with E-state index in [2.05, 4.69) is 27.0 Å². The molecule has 92 valence electrons. The van der Waals surface area contributed by atoms with Gasteiger partial charge in [0.05, 0.1) is 17.5 Å². The summed E-state index contributed by atoms with van der Waals surface area (Å²) in [7, 11) is 1.69. The highest BCUT2D eigenvalue weighted by Crippen LogP contribution is 2.24. The van der Waals surface area contributed by atoms with Crippen molar-refractivity contribution in [2.75, 3.05) is 31.7 Å². The van der Waals surface area contributed by atoms with Crippen LogP contribution in [0.3, 0.4) is 0 Å². The standard InChI is InChI=1S/C11H15ClN4O/c1-3-16(4-5-17-2)11-8-7-13-10(12)6-9(8)14-15-11/h6-7H,3-5H2,1-2H3,(H,14,15). The van der Waals surface area contributed by atoms with Crippen LogP contribution in [0.4, 0.5) is 5.82 Å². The Morgan fingerprint density at radius 2 is 2.35 bits per heavy atom. The van der Waals surface area contributed by atoms with Crippen molar-refractivity contribution in [1.82, 2.24) is 15.2 Å². The monoisotopic (exact) mass is 254 g/mol. The first kappa shape index (κ1) is 12.1. The molecule has 0 aliphatic rings. The van der Waals surface area contributed by atoms with Crippen LogP contribution >= 0.6 is 11.6 Å². The average molecular weight is 255 g/mol. The number of hydrogen-bond acceptors (Lipinski definition) is 4. The number of aromatic amines is 1. The molecule has 0 bridgehead atoms. The first-order valence-corrected chi connectivity index (χ1v) is 5.87. The minimum atomic E-state index is 0.465. The third-order valence-corrected chi connectivity index (χ3v) is 2.85. The predicted octanol–water partition coefficient (Wildman–Crippen LogP) is 2.08. The molecule has 0 unspecified atom stereocenters. The van der Waals surface area contributed by atoms with E-state index < -0.39 is 0 Å². The van der Waals surface area contributed by atoms with Crippen molar-refractivity contribution in [3.05, 3.63) is 17.4 Å². The van der Waals surface area contributed by atoms with Crippen molar-refractivity contribution in [2.45, 2.75) is 6.92 Å². The summed E-state index contributed by atoms with van der Waals surface area (Å²) in [5.74, 6) is 0.892. The molecule has 0 amide bonds. The molecular formula is C11H15ClN4O. The number of halogens is 1. The zero-order chi connectivity index (χ0) is 12.3. The molecule has 0 radical (unpaired) electrons. The normalized spacial score (nSPS) is 11.0. The molecule has 0 saturated heterocycles. The van der Waals surface area contributed by atoms with Crippen molar-refractivity contribution in [3.63, 3.8) is 0 Å². The lowest BCUT2D eigenvalue weighted by Crippen LogP contribution is -2.27. The average Bonchev–Trinajstić information content (AvgIpc) is 2.73. The fourth-order valence-electron chi connectivity index (χ4n) is 1.73. The summed E-state index contributed by atoms with van der Waals surface area (Å²) in [6.07, 6.45) is 1.74. The number of ether oxygens (including phenoxy) is 1. The summed E-state index contributed by atoms with van der Waals surface area (Å²) in [5.41, 5.74) is 0.899. The van der Waals surface area contributed by atoms with E-state index in [1.165, 1.54) is 0 Å². The molecule has 0 aliphatic carbocycles. The number of H-pyrrole nitrogens is 1.